The van der Waals surface area contributed by atoms with Gasteiger partial charge in [0.1, 0.15) is 12.4 Å². The third-order valence-corrected chi connectivity index (χ3v) is 5.23. The van der Waals surface area contributed by atoms with Crippen LogP contribution in [0.3, 0.4) is 0 Å². The van der Waals surface area contributed by atoms with E-state index >= 15 is 0 Å². The highest BCUT2D eigenvalue weighted by molar-refractivity contribution is 6.31. The number of carbonyl (C=O) groups is 1. The van der Waals surface area contributed by atoms with Gasteiger partial charge in [-0.2, -0.15) is 0 Å². The van der Waals surface area contributed by atoms with Gasteiger partial charge in [-0.05, 0) is 57.4 Å². The van der Waals surface area contributed by atoms with E-state index in [0.29, 0.717) is 22.9 Å². The van der Waals surface area contributed by atoms with E-state index in [0.717, 1.165) is 18.4 Å². The van der Waals surface area contributed by atoms with E-state index in [9.17, 15) is 4.79 Å². The molecule has 2 unspecified atom stereocenters. The number of likely N-dealkylation sites (tertiary alicyclic amines) is 1. The molecule has 0 saturated carbocycles. The smallest absolute Gasteiger partial charge is 0.254 e. The second kappa shape index (κ2) is 7.92. The summed E-state index contributed by atoms with van der Waals surface area (Å²) in [7, 11) is 0. The highest BCUT2D eigenvalue weighted by Crippen LogP contribution is 2.26. The summed E-state index contributed by atoms with van der Waals surface area (Å²) in [5.74, 6) is 0.769. The van der Waals surface area contributed by atoms with Crippen LogP contribution in [0.15, 0.2) is 48.5 Å². The molecule has 3 rings (SSSR count). The van der Waals surface area contributed by atoms with E-state index in [1.165, 1.54) is 6.42 Å². The lowest BCUT2D eigenvalue weighted by Gasteiger charge is -2.39. The molecule has 3 nitrogen and oxygen atoms in total. The number of ether oxygens (including phenoxy) is 1. The summed E-state index contributed by atoms with van der Waals surface area (Å²) in [6.07, 6.45) is 3.32. The van der Waals surface area contributed by atoms with Gasteiger partial charge in [0.2, 0.25) is 0 Å². The van der Waals surface area contributed by atoms with Gasteiger partial charge in [0.05, 0.1) is 0 Å². The maximum absolute atomic E-state index is 13.0. The Morgan fingerprint density at radius 3 is 2.56 bits per heavy atom. The molecular formula is C21H24ClNO2. The third kappa shape index (κ3) is 4.16. The number of hydrogen-bond donors (Lipinski definition) is 0. The molecule has 0 aromatic heterocycles. The van der Waals surface area contributed by atoms with Gasteiger partial charge in [0.15, 0.2) is 0 Å². The topological polar surface area (TPSA) is 29.5 Å². The molecule has 0 radical (unpaired) electrons. The third-order valence-electron chi connectivity index (χ3n) is 4.86. The Balaban J connectivity index is 1.72. The van der Waals surface area contributed by atoms with Crippen LogP contribution in [0.4, 0.5) is 0 Å². The van der Waals surface area contributed by atoms with E-state index in [1.807, 2.05) is 53.4 Å². The van der Waals surface area contributed by atoms with E-state index < -0.39 is 0 Å². The standard InChI is InChI=1S/C21H24ClNO2/c1-15-7-5-8-16(2)23(15)21(24)17-10-6-11-19(13-17)25-14-18-9-3-4-12-20(18)22/h3-4,6,9-13,15-16H,5,7-8,14H2,1-2H3. The number of hydrogen-bond acceptors (Lipinski definition) is 2. The largest absolute Gasteiger partial charge is 0.489 e. The van der Waals surface area contributed by atoms with Crippen LogP contribution in [-0.2, 0) is 6.61 Å². The van der Waals surface area contributed by atoms with Crippen LogP contribution in [0.1, 0.15) is 49.0 Å². The maximum Gasteiger partial charge on any atom is 0.254 e. The van der Waals surface area contributed by atoms with Crippen molar-refractivity contribution in [3.63, 3.8) is 0 Å². The fourth-order valence-electron chi connectivity index (χ4n) is 3.47. The predicted octanol–water partition coefficient (Wildman–Crippen LogP) is 5.32. The number of nitrogens with zero attached hydrogens (tertiary/aromatic N) is 1. The van der Waals surface area contributed by atoms with Crippen LogP contribution >= 0.6 is 11.6 Å². The number of benzene rings is 2. The first-order valence-corrected chi connectivity index (χ1v) is 9.23. The molecule has 25 heavy (non-hydrogen) atoms. The van der Waals surface area contributed by atoms with Crippen LogP contribution in [0.5, 0.6) is 5.75 Å². The Morgan fingerprint density at radius 1 is 1.12 bits per heavy atom. The fraction of sp³-hybridized carbons (Fsp3) is 0.381. The summed E-state index contributed by atoms with van der Waals surface area (Å²) in [5, 5.41) is 0.686. The highest BCUT2D eigenvalue weighted by atomic mass is 35.5. The number of carbonyl (C=O) groups excluding carboxylic acids is 1. The SMILES string of the molecule is CC1CCCC(C)N1C(=O)c1cccc(OCc2ccccc2Cl)c1. The van der Waals surface area contributed by atoms with Crippen LogP contribution in [0.25, 0.3) is 0 Å². The number of halogens is 1. The van der Waals surface area contributed by atoms with Gasteiger partial charge in [-0.25, -0.2) is 0 Å². The monoisotopic (exact) mass is 357 g/mol. The van der Waals surface area contributed by atoms with E-state index in [-0.39, 0.29) is 18.0 Å². The van der Waals surface area contributed by atoms with Crippen molar-refractivity contribution >= 4 is 17.5 Å². The average Bonchev–Trinajstić information content (AvgIpc) is 2.61. The van der Waals surface area contributed by atoms with E-state index in [1.54, 1.807) is 0 Å². The van der Waals surface area contributed by atoms with Gasteiger partial charge in [-0.1, -0.05) is 35.9 Å². The lowest BCUT2D eigenvalue weighted by Crippen LogP contribution is -2.47. The molecule has 2 aromatic rings. The van der Waals surface area contributed by atoms with Gasteiger partial charge < -0.3 is 9.64 Å². The summed E-state index contributed by atoms with van der Waals surface area (Å²) in [4.78, 5) is 15.0. The Labute approximate surface area is 154 Å². The van der Waals surface area contributed by atoms with Crippen molar-refractivity contribution in [2.45, 2.75) is 51.8 Å². The summed E-state index contributed by atoms with van der Waals surface area (Å²) in [6.45, 7) is 4.64. The minimum atomic E-state index is 0.0860. The molecule has 1 saturated heterocycles. The zero-order valence-electron chi connectivity index (χ0n) is 14.7. The molecular weight excluding hydrogens is 334 g/mol. The second-order valence-corrected chi connectivity index (χ2v) is 7.16. The molecule has 1 aliphatic heterocycles. The van der Waals surface area contributed by atoms with Crippen LogP contribution in [0, 0.1) is 0 Å². The van der Waals surface area contributed by atoms with Crippen molar-refractivity contribution in [1.82, 2.24) is 4.90 Å². The summed E-state index contributed by atoms with van der Waals surface area (Å²) < 4.78 is 5.85. The molecule has 0 N–H and O–H groups in total. The van der Waals surface area contributed by atoms with Gasteiger partial charge in [-0.3, -0.25) is 4.79 Å². The highest BCUT2D eigenvalue weighted by Gasteiger charge is 2.29. The van der Waals surface area contributed by atoms with Crippen molar-refractivity contribution in [3.05, 3.63) is 64.7 Å². The molecule has 0 bridgehead atoms. The van der Waals surface area contributed by atoms with Crippen molar-refractivity contribution in [1.29, 1.82) is 0 Å². The minimum Gasteiger partial charge on any atom is -0.489 e. The molecule has 1 heterocycles. The summed E-state index contributed by atoms with van der Waals surface area (Å²) in [5.41, 5.74) is 1.61. The Bertz CT molecular complexity index is 736. The van der Waals surface area contributed by atoms with Crippen molar-refractivity contribution in [2.24, 2.45) is 0 Å². The van der Waals surface area contributed by atoms with E-state index in [2.05, 4.69) is 13.8 Å². The molecule has 0 spiro atoms. The maximum atomic E-state index is 13.0. The first-order chi connectivity index (χ1) is 12.1. The summed E-state index contributed by atoms with van der Waals surface area (Å²) in [6, 6.07) is 15.6. The molecule has 4 heteroatoms. The molecule has 2 aromatic carbocycles. The van der Waals surface area contributed by atoms with Crippen LogP contribution in [0.2, 0.25) is 5.02 Å². The lowest BCUT2D eigenvalue weighted by molar-refractivity contribution is 0.0510. The predicted molar refractivity (Wildman–Crippen MR) is 101 cm³/mol. The Hall–Kier alpha value is -2.00. The quantitative estimate of drug-likeness (QED) is 0.740. The van der Waals surface area contributed by atoms with Crippen LogP contribution < -0.4 is 4.74 Å². The number of rotatable bonds is 4. The Morgan fingerprint density at radius 2 is 1.84 bits per heavy atom. The number of piperidine rings is 1. The summed E-state index contributed by atoms with van der Waals surface area (Å²) >= 11 is 6.17. The van der Waals surface area contributed by atoms with Gasteiger partial charge in [0.25, 0.3) is 5.91 Å². The molecule has 1 fully saturated rings. The molecule has 0 aliphatic carbocycles. The molecule has 2 atom stereocenters. The van der Waals surface area contributed by atoms with E-state index in [4.69, 9.17) is 16.3 Å². The molecule has 1 aliphatic rings. The normalized spacial score (nSPS) is 20.4. The zero-order chi connectivity index (χ0) is 17.8. The van der Waals surface area contributed by atoms with Crippen LogP contribution in [-0.4, -0.2) is 22.9 Å². The average molecular weight is 358 g/mol. The van der Waals surface area contributed by atoms with Crippen molar-refractivity contribution < 1.29 is 9.53 Å². The molecule has 1 amide bonds. The second-order valence-electron chi connectivity index (χ2n) is 6.75. The fourth-order valence-corrected chi connectivity index (χ4v) is 3.66. The zero-order valence-corrected chi connectivity index (χ0v) is 15.5. The van der Waals surface area contributed by atoms with Crippen molar-refractivity contribution in [3.8, 4) is 5.75 Å². The van der Waals surface area contributed by atoms with Gasteiger partial charge in [-0.15, -0.1) is 0 Å². The van der Waals surface area contributed by atoms with Gasteiger partial charge >= 0.3 is 0 Å². The number of amides is 1. The lowest BCUT2D eigenvalue weighted by atomic mass is 9.96. The first-order valence-electron chi connectivity index (χ1n) is 8.85. The molecule has 132 valence electrons. The first kappa shape index (κ1) is 17.8. The van der Waals surface area contributed by atoms with Crippen molar-refractivity contribution in [2.75, 3.05) is 0 Å². The Kier molecular flexibility index (Phi) is 5.64. The van der Waals surface area contributed by atoms with Gasteiger partial charge in [0, 0.05) is 28.2 Å². The minimum absolute atomic E-state index is 0.0860.